The van der Waals surface area contributed by atoms with E-state index in [1.54, 1.807) is 12.1 Å². The van der Waals surface area contributed by atoms with E-state index < -0.39 is 10.0 Å². The fourth-order valence-corrected chi connectivity index (χ4v) is 5.30. The van der Waals surface area contributed by atoms with E-state index in [0.717, 1.165) is 40.4 Å². The van der Waals surface area contributed by atoms with E-state index in [9.17, 15) is 8.42 Å². The summed E-state index contributed by atoms with van der Waals surface area (Å²) in [5.74, 6) is 0. The predicted octanol–water partition coefficient (Wildman–Crippen LogP) is 4.73. The van der Waals surface area contributed by atoms with Crippen LogP contribution in [0.5, 0.6) is 0 Å². The van der Waals surface area contributed by atoms with Gasteiger partial charge in [0.05, 0.1) is 10.6 Å². The van der Waals surface area contributed by atoms with Gasteiger partial charge in [-0.2, -0.15) is 0 Å². The first-order valence-corrected chi connectivity index (χ1v) is 10.1. The highest BCUT2D eigenvalue weighted by atomic mass is 32.2. The molecule has 1 aliphatic heterocycles. The zero-order valence-electron chi connectivity index (χ0n) is 14.1. The van der Waals surface area contributed by atoms with Gasteiger partial charge >= 0.3 is 0 Å². The Bertz CT molecular complexity index is 1240. The first-order chi connectivity index (χ1) is 12.6. The topological polar surface area (TPSA) is 50.5 Å². The van der Waals surface area contributed by atoms with E-state index in [0.29, 0.717) is 12.1 Å². The second kappa shape index (κ2) is 5.61. The lowest BCUT2D eigenvalue weighted by Gasteiger charge is -2.30. The summed E-state index contributed by atoms with van der Waals surface area (Å²) >= 11 is 0. The van der Waals surface area contributed by atoms with Gasteiger partial charge in [0.25, 0.3) is 10.0 Å². The van der Waals surface area contributed by atoms with Gasteiger partial charge in [-0.25, -0.2) is 8.42 Å². The third kappa shape index (κ3) is 2.24. The summed E-state index contributed by atoms with van der Waals surface area (Å²) in [7, 11) is -3.63. The summed E-state index contributed by atoms with van der Waals surface area (Å²) < 4.78 is 34.0. The maximum Gasteiger partial charge on any atom is 0.264 e. The Kier molecular flexibility index (Phi) is 3.34. The SMILES string of the molecule is O=S(=O)(c1ccc2c(c1)oc1ccccc12)N1CCCc2ccccc21. The zero-order chi connectivity index (χ0) is 17.7. The Labute approximate surface area is 151 Å². The number of nitrogens with zero attached hydrogens (tertiary/aromatic N) is 1. The minimum Gasteiger partial charge on any atom is -0.456 e. The van der Waals surface area contributed by atoms with E-state index in [-0.39, 0.29) is 4.90 Å². The van der Waals surface area contributed by atoms with Crippen LogP contribution >= 0.6 is 0 Å². The van der Waals surface area contributed by atoms with E-state index in [2.05, 4.69) is 0 Å². The molecule has 4 nitrogen and oxygen atoms in total. The van der Waals surface area contributed by atoms with Crippen LogP contribution in [-0.4, -0.2) is 15.0 Å². The monoisotopic (exact) mass is 363 g/mol. The number of rotatable bonds is 2. The largest absolute Gasteiger partial charge is 0.456 e. The van der Waals surface area contributed by atoms with E-state index in [1.807, 2.05) is 54.6 Å². The third-order valence-corrected chi connectivity index (χ3v) is 6.82. The van der Waals surface area contributed by atoms with E-state index >= 15 is 0 Å². The molecule has 26 heavy (non-hydrogen) atoms. The molecule has 5 rings (SSSR count). The van der Waals surface area contributed by atoms with Gasteiger partial charge in [-0.05, 0) is 42.7 Å². The second-order valence-corrected chi connectivity index (χ2v) is 8.43. The molecule has 0 amide bonds. The van der Waals surface area contributed by atoms with Gasteiger partial charge in [0.2, 0.25) is 0 Å². The van der Waals surface area contributed by atoms with Crippen molar-refractivity contribution in [3.63, 3.8) is 0 Å². The molecule has 1 aromatic heterocycles. The van der Waals surface area contributed by atoms with Gasteiger partial charge in [0.15, 0.2) is 0 Å². The van der Waals surface area contributed by atoms with Crippen molar-refractivity contribution in [3.8, 4) is 0 Å². The Morgan fingerprint density at radius 1 is 0.846 bits per heavy atom. The average molecular weight is 363 g/mol. The maximum absolute atomic E-state index is 13.3. The quantitative estimate of drug-likeness (QED) is 0.517. The minimum absolute atomic E-state index is 0.265. The highest BCUT2D eigenvalue weighted by Crippen LogP contribution is 2.34. The van der Waals surface area contributed by atoms with Crippen LogP contribution in [0, 0.1) is 0 Å². The molecule has 0 saturated heterocycles. The summed E-state index contributed by atoms with van der Waals surface area (Å²) in [6, 6.07) is 20.6. The summed E-state index contributed by atoms with van der Waals surface area (Å²) in [5, 5.41) is 1.92. The fraction of sp³-hybridized carbons (Fsp3) is 0.143. The van der Waals surface area contributed by atoms with Crippen molar-refractivity contribution in [2.45, 2.75) is 17.7 Å². The average Bonchev–Trinajstić information content (AvgIpc) is 3.05. The van der Waals surface area contributed by atoms with Crippen LogP contribution in [0.25, 0.3) is 21.9 Å². The lowest BCUT2D eigenvalue weighted by Crippen LogP contribution is -2.35. The first kappa shape index (κ1) is 15.5. The van der Waals surface area contributed by atoms with E-state index in [4.69, 9.17) is 4.42 Å². The van der Waals surface area contributed by atoms with Crippen molar-refractivity contribution in [2.24, 2.45) is 0 Å². The lowest BCUT2D eigenvalue weighted by molar-refractivity contribution is 0.586. The molecule has 0 bridgehead atoms. The Morgan fingerprint density at radius 3 is 2.54 bits per heavy atom. The van der Waals surface area contributed by atoms with Crippen molar-refractivity contribution in [1.29, 1.82) is 0 Å². The number of sulfonamides is 1. The zero-order valence-corrected chi connectivity index (χ0v) is 14.9. The van der Waals surface area contributed by atoms with Crippen LogP contribution in [-0.2, 0) is 16.4 Å². The van der Waals surface area contributed by atoms with Gasteiger partial charge in [-0.3, -0.25) is 4.31 Å². The highest BCUT2D eigenvalue weighted by Gasteiger charge is 2.29. The molecule has 3 aromatic carbocycles. The predicted molar refractivity (Wildman–Crippen MR) is 103 cm³/mol. The number of fused-ring (bicyclic) bond motifs is 4. The van der Waals surface area contributed by atoms with Gasteiger partial charge in [0.1, 0.15) is 11.2 Å². The minimum atomic E-state index is -3.63. The number of hydrogen-bond acceptors (Lipinski definition) is 3. The molecule has 4 aromatic rings. The normalized spacial score (nSPS) is 14.7. The van der Waals surface area contributed by atoms with Gasteiger partial charge in [-0.1, -0.05) is 36.4 Å². The number of aryl methyl sites for hydroxylation is 1. The standard InChI is InChI=1S/C21H17NO3S/c23-26(24,22-13-5-7-15-6-1-3-9-19(15)22)16-11-12-18-17-8-2-4-10-20(17)25-21(18)14-16/h1-4,6,8-12,14H,5,7,13H2. The Hall–Kier alpha value is -2.79. The molecule has 2 heterocycles. The van der Waals surface area contributed by atoms with Crippen LogP contribution in [0.2, 0.25) is 0 Å². The molecule has 130 valence electrons. The van der Waals surface area contributed by atoms with Crippen molar-refractivity contribution in [3.05, 3.63) is 72.3 Å². The van der Waals surface area contributed by atoms with Gasteiger partial charge in [0, 0.05) is 23.4 Å². The number of anilines is 1. The second-order valence-electron chi connectivity index (χ2n) is 6.57. The summed E-state index contributed by atoms with van der Waals surface area (Å²) in [6.07, 6.45) is 1.73. The smallest absolute Gasteiger partial charge is 0.264 e. The Balaban J connectivity index is 1.66. The van der Waals surface area contributed by atoms with Crippen molar-refractivity contribution in [2.75, 3.05) is 10.8 Å². The third-order valence-electron chi connectivity index (χ3n) is 5.01. The lowest BCUT2D eigenvalue weighted by atomic mass is 10.0. The molecular formula is C21H17NO3S. The number of furan rings is 1. The molecule has 0 atom stereocenters. The van der Waals surface area contributed by atoms with Crippen molar-refractivity contribution < 1.29 is 12.8 Å². The van der Waals surface area contributed by atoms with Crippen LogP contribution < -0.4 is 4.31 Å². The van der Waals surface area contributed by atoms with E-state index in [1.165, 1.54) is 4.31 Å². The molecular weight excluding hydrogens is 346 g/mol. The Morgan fingerprint density at radius 2 is 1.62 bits per heavy atom. The summed E-state index contributed by atoms with van der Waals surface area (Å²) in [6.45, 7) is 0.498. The van der Waals surface area contributed by atoms with Crippen LogP contribution in [0.3, 0.4) is 0 Å². The molecule has 0 spiro atoms. The van der Waals surface area contributed by atoms with Gasteiger partial charge < -0.3 is 4.42 Å². The molecule has 0 aliphatic carbocycles. The summed E-state index contributed by atoms with van der Waals surface area (Å²) in [4.78, 5) is 0.265. The number of hydrogen-bond donors (Lipinski definition) is 0. The highest BCUT2D eigenvalue weighted by molar-refractivity contribution is 7.92. The van der Waals surface area contributed by atoms with Crippen LogP contribution in [0.4, 0.5) is 5.69 Å². The molecule has 0 radical (unpaired) electrons. The number of para-hydroxylation sites is 2. The fourth-order valence-electron chi connectivity index (χ4n) is 3.74. The molecule has 0 unspecified atom stereocenters. The molecule has 0 saturated carbocycles. The summed E-state index contributed by atoms with van der Waals surface area (Å²) in [5.41, 5.74) is 3.22. The first-order valence-electron chi connectivity index (χ1n) is 8.66. The molecule has 1 aliphatic rings. The van der Waals surface area contributed by atoms with Crippen LogP contribution in [0.1, 0.15) is 12.0 Å². The molecule has 0 N–H and O–H groups in total. The van der Waals surface area contributed by atoms with Crippen LogP contribution in [0.15, 0.2) is 76.0 Å². The van der Waals surface area contributed by atoms with Crippen molar-refractivity contribution >= 4 is 37.6 Å². The maximum atomic E-state index is 13.3. The molecule has 5 heteroatoms. The molecule has 0 fully saturated rings. The number of benzene rings is 3. The van der Waals surface area contributed by atoms with Crippen molar-refractivity contribution in [1.82, 2.24) is 0 Å². The van der Waals surface area contributed by atoms with Gasteiger partial charge in [-0.15, -0.1) is 0 Å².